The number of hydrogen-bond donors (Lipinski definition) is 0. The molecule has 0 heterocycles. The minimum absolute atomic E-state index is 0.127. The lowest BCUT2D eigenvalue weighted by Crippen LogP contribution is -2.40. The van der Waals surface area contributed by atoms with Crippen molar-refractivity contribution in [3.05, 3.63) is 0 Å². The molecule has 0 aliphatic rings. The van der Waals surface area contributed by atoms with Crippen LogP contribution in [0.5, 0.6) is 0 Å². The predicted octanol–water partition coefficient (Wildman–Crippen LogP) is 1.38. The third-order valence-corrected chi connectivity index (χ3v) is 3.34. The normalized spacial score (nSPS) is 15.1. The molecule has 3 nitrogen and oxygen atoms in total. The van der Waals surface area contributed by atoms with Crippen molar-refractivity contribution in [3.63, 3.8) is 0 Å². The molecule has 0 bridgehead atoms. The molecule has 0 aliphatic heterocycles. The molecule has 0 rings (SSSR count). The Hall–Kier alpha value is -0.155. The first-order valence-corrected chi connectivity index (χ1v) is 6.50. The van der Waals surface area contributed by atoms with Crippen LogP contribution in [0.1, 0.15) is 27.2 Å². The van der Waals surface area contributed by atoms with E-state index in [0.29, 0.717) is 12.5 Å². The van der Waals surface area contributed by atoms with Crippen LogP contribution in [0.25, 0.3) is 0 Å². The largest absolute Gasteiger partial charge is 0.372 e. The fourth-order valence-electron chi connectivity index (χ4n) is 1.52. The van der Waals surface area contributed by atoms with Gasteiger partial charge in [0.05, 0.1) is 5.94 Å². The summed E-state index contributed by atoms with van der Waals surface area (Å²) < 4.78 is 19.3. The van der Waals surface area contributed by atoms with Crippen LogP contribution >= 0.6 is 11.6 Å². The Labute approximate surface area is 107 Å². The molecule has 0 spiro atoms. The highest BCUT2D eigenvalue weighted by Crippen LogP contribution is 2.30. The van der Waals surface area contributed by atoms with E-state index in [1.165, 1.54) is 0 Å². The van der Waals surface area contributed by atoms with Crippen molar-refractivity contribution in [1.82, 2.24) is 4.90 Å². The Kier molecular flexibility index (Phi) is 5.56. The summed E-state index contributed by atoms with van der Waals surface area (Å²) in [5.74, 6) is 0.717. The van der Waals surface area contributed by atoms with E-state index in [2.05, 4.69) is 6.92 Å². The zero-order valence-corrected chi connectivity index (χ0v) is 11.8. The number of rotatable bonds is 8. The van der Waals surface area contributed by atoms with Gasteiger partial charge in [0.25, 0.3) is 0 Å². The predicted molar refractivity (Wildman–Crippen MR) is 73.2 cm³/mol. The molecule has 0 aromatic rings. The van der Waals surface area contributed by atoms with Gasteiger partial charge in [0.15, 0.2) is 7.05 Å². The van der Waals surface area contributed by atoms with Crippen LogP contribution in [0.15, 0.2) is 0 Å². The number of carbonyl (C=O) groups excluding carboxylic acids is 1. The molecule has 0 radical (unpaired) electrons. The van der Waals surface area contributed by atoms with Gasteiger partial charge in [-0.15, -0.1) is 0 Å². The second-order valence-corrected chi connectivity index (χ2v) is 5.37. The van der Waals surface area contributed by atoms with Gasteiger partial charge in [0.1, 0.15) is 0 Å². The van der Waals surface area contributed by atoms with Crippen LogP contribution in [-0.4, -0.2) is 47.2 Å². The fourth-order valence-corrected chi connectivity index (χ4v) is 1.73. The van der Waals surface area contributed by atoms with Gasteiger partial charge >= 0.3 is 0 Å². The second kappa shape index (κ2) is 7.23. The standard InChI is InChI=1S/C11H24BNO2S/c1-9(6-7-15-8-16-12)11(2,3)10(14)13(4)5/h9H,6-8,12H2,1-5H3/t9-/m0/s1/i12TD. The lowest BCUT2D eigenvalue weighted by molar-refractivity contribution is -0.140. The summed E-state index contributed by atoms with van der Waals surface area (Å²) in [6.45, 7) is 6.53. The maximum atomic E-state index is 12.0. The summed E-state index contributed by atoms with van der Waals surface area (Å²) in [6.07, 6.45) is 0.799. The highest BCUT2D eigenvalue weighted by molar-refractivity contribution is 8.19. The van der Waals surface area contributed by atoms with E-state index >= 15 is 0 Å². The third-order valence-electron chi connectivity index (χ3n) is 3.04. The number of nitrogens with zero attached hydrogens (tertiary/aromatic N) is 1. The lowest BCUT2D eigenvalue weighted by Gasteiger charge is -2.32. The van der Waals surface area contributed by atoms with Gasteiger partial charge in [-0.3, -0.25) is 4.79 Å². The van der Waals surface area contributed by atoms with Gasteiger partial charge < -0.3 is 9.64 Å². The molecule has 94 valence electrons. The zero-order valence-electron chi connectivity index (χ0n) is 12.9. The first-order chi connectivity index (χ1) is 8.19. The Morgan fingerprint density at radius 2 is 2.38 bits per heavy atom. The zero-order chi connectivity index (χ0) is 14.3. The Balaban J connectivity index is 4.01. The minimum Gasteiger partial charge on any atom is -0.372 e. The van der Waals surface area contributed by atoms with Crippen molar-refractivity contribution < 1.29 is 9.53 Å². The first kappa shape index (κ1) is 12.3. The molecule has 0 unspecified atom stereocenters. The van der Waals surface area contributed by atoms with Crippen LogP contribution in [0, 0.1) is 11.3 Å². The van der Waals surface area contributed by atoms with Crippen LogP contribution < -0.4 is 0 Å². The van der Waals surface area contributed by atoms with Crippen LogP contribution in [-0.2, 0) is 9.53 Å². The van der Waals surface area contributed by atoms with E-state index in [4.69, 9.17) is 7.41 Å². The van der Waals surface area contributed by atoms with Crippen molar-refractivity contribution in [1.29, 1.82) is 2.67 Å². The minimum atomic E-state index is -0.894. The molecular formula is C11H24BNO2S. The number of amides is 1. The Bertz CT molecular complexity index is 265. The highest BCUT2D eigenvalue weighted by Gasteiger charge is 2.34. The summed E-state index contributed by atoms with van der Waals surface area (Å²) in [7, 11) is 2.65. The topological polar surface area (TPSA) is 29.5 Å². The SMILES string of the molecule is [2H]B([3H])SCOCC[C@H](C)C(C)(C)C(=O)N(C)C. The van der Waals surface area contributed by atoms with E-state index in [0.717, 1.165) is 18.0 Å². The molecule has 16 heavy (non-hydrogen) atoms. The average Bonchev–Trinajstić information content (AvgIpc) is 2.26. The monoisotopic (exact) mass is 248 g/mol. The Morgan fingerprint density at radius 1 is 1.75 bits per heavy atom. The summed E-state index contributed by atoms with van der Waals surface area (Å²) in [5, 5.41) is 0. The molecule has 0 aliphatic carbocycles. The molecule has 0 aromatic carbocycles. The molecule has 0 fully saturated rings. The molecule has 1 amide bonds. The second-order valence-electron chi connectivity index (χ2n) is 4.80. The molecule has 0 aromatic heterocycles. The smallest absolute Gasteiger partial charge is 0.227 e. The van der Waals surface area contributed by atoms with E-state index in [1.807, 2.05) is 13.8 Å². The van der Waals surface area contributed by atoms with Crippen molar-refractivity contribution in [2.75, 3.05) is 26.6 Å². The van der Waals surface area contributed by atoms with Crippen molar-refractivity contribution >= 4 is 24.6 Å². The van der Waals surface area contributed by atoms with Crippen LogP contribution in [0.3, 0.4) is 0 Å². The van der Waals surface area contributed by atoms with Crippen LogP contribution in [0.4, 0.5) is 0 Å². The average molecular weight is 248 g/mol. The van der Waals surface area contributed by atoms with E-state index in [9.17, 15) is 4.79 Å². The van der Waals surface area contributed by atoms with E-state index in [1.54, 1.807) is 19.0 Å². The summed E-state index contributed by atoms with van der Waals surface area (Å²) in [6, 6.07) is 0. The Morgan fingerprint density at radius 3 is 2.88 bits per heavy atom. The van der Waals surface area contributed by atoms with Crippen molar-refractivity contribution in [3.8, 4) is 0 Å². The quantitative estimate of drug-likeness (QED) is 0.369. The summed E-state index contributed by atoms with van der Waals surface area (Å²) in [4.78, 5) is 13.6. The molecule has 0 saturated heterocycles. The van der Waals surface area contributed by atoms with E-state index < -0.39 is 12.5 Å². The molecule has 1 atom stereocenters. The van der Waals surface area contributed by atoms with Gasteiger partial charge in [0, 0.05) is 26.1 Å². The van der Waals surface area contributed by atoms with Crippen molar-refractivity contribution in [2.45, 2.75) is 27.2 Å². The number of hydrogen-bond acceptors (Lipinski definition) is 3. The van der Waals surface area contributed by atoms with Crippen LogP contribution in [0.2, 0.25) is 0 Å². The summed E-state index contributed by atoms with van der Waals surface area (Å²) >= 11 is 1.14. The summed E-state index contributed by atoms with van der Waals surface area (Å²) in [5.41, 5.74) is -0.395. The highest BCUT2D eigenvalue weighted by atomic mass is 32.2. The first-order valence-electron chi connectivity index (χ1n) is 6.60. The van der Waals surface area contributed by atoms with Gasteiger partial charge in [0.2, 0.25) is 5.91 Å². The fraction of sp³-hybridized carbons (Fsp3) is 0.909. The third kappa shape index (κ3) is 4.79. The molecule has 0 N–H and O–H groups in total. The number of carbonyl (C=O) groups is 1. The maximum absolute atomic E-state index is 12.0. The van der Waals surface area contributed by atoms with E-state index in [-0.39, 0.29) is 11.8 Å². The maximum Gasteiger partial charge on any atom is 0.227 e. The van der Waals surface area contributed by atoms with Gasteiger partial charge in [-0.2, -0.15) is 11.6 Å². The molecule has 0 saturated carbocycles. The van der Waals surface area contributed by atoms with Gasteiger partial charge in [-0.05, 0) is 15.0 Å². The lowest BCUT2D eigenvalue weighted by atomic mass is 9.77. The molecular weight excluding hydrogens is 221 g/mol. The van der Waals surface area contributed by atoms with Gasteiger partial charge in [-0.25, -0.2) is 0 Å². The van der Waals surface area contributed by atoms with Gasteiger partial charge in [-0.1, -0.05) is 20.8 Å². The van der Waals surface area contributed by atoms with Crippen molar-refractivity contribution in [2.24, 2.45) is 11.3 Å². The number of ether oxygens (including phenoxy) is 1. The molecule has 5 heteroatoms.